The summed E-state index contributed by atoms with van der Waals surface area (Å²) in [6, 6.07) is 3.82. The van der Waals surface area contributed by atoms with Crippen LogP contribution in [-0.4, -0.2) is 32.6 Å². The minimum Gasteiger partial charge on any atom is -0.465 e. The van der Waals surface area contributed by atoms with Gasteiger partial charge in [0.1, 0.15) is 5.65 Å². The standard InChI is InChI=1S/C13H15N3O2/c17-13(18)16-7-2-1-5-11(16)10-8-15-12-9(10)4-3-6-14-12/h3-4,6,8,11H,1-2,5,7H2,(H,14,15)(H,17,18). The molecule has 2 aromatic heterocycles. The van der Waals surface area contributed by atoms with Crippen molar-refractivity contribution < 1.29 is 9.90 Å². The number of nitrogens with zero attached hydrogens (tertiary/aromatic N) is 2. The van der Waals surface area contributed by atoms with Gasteiger partial charge >= 0.3 is 6.09 Å². The summed E-state index contributed by atoms with van der Waals surface area (Å²) in [5.41, 5.74) is 1.86. The maximum Gasteiger partial charge on any atom is 0.407 e. The zero-order valence-electron chi connectivity index (χ0n) is 9.97. The van der Waals surface area contributed by atoms with Crippen molar-refractivity contribution in [3.8, 4) is 0 Å². The fourth-order valence-electron chi connectivity index (χ4n) is 2.74. The summed E-state index contributed by atoms with van der Waals surface area (Å²) in [6.07, 6.45) is 5.69. The van der Waals surface area contributed by atoms with Gasteiger partial charge in [0.15, 0.2) is 0 Å². The molecule has 94 valence electrons. The van der Waals surface area contributed by atoms with Crippen LogP contribution >= 0.6 is 0 Å². The Kier molecular flexibility index (Phi) is 2.66. The fourth-order valence-corrected chi connectivity index (χ4v) is 2.74. The summed E-state index contributed by atoms with van der Waals surface area (Å²) >= 11 is 0. The van der Waals surface area contributed by atoms with E-state index in [0.717, 1.165) is 35.9 Å². The first-order chi connectivity index (χ1) is 8.77. The molecule has 3 heterocycles. The fraction of sp³-hybridized carbons (Fsp3) is 0.385. The van der Waals surface area contributed by atoms with Gasteiger partial charge in [-0.05, 0) is 31.4 Å². The van der Waals surface area contributed by atoms with Crippen LogP contribution in [0.4, 0.5) is 4.79 Å². The van der Waals surface area contributed by atoms with E-state index < -0.39 is 6.09 Å². The van der Waals surface area contributed by atoms with Crippen LogP contribution in [0.3, 0.4) is 0 Å². The zero-order chi connectivity index (χ0) is 12.5. The predicted octanol–water partition coefficient (Wildman–Crippen LogP) is 2.77. The molecule has 0 spiro atoms. The number of aromatic nitrogens is 2. The number of carboxylic acid groups (broad SMARTS) is 1. The van der Waals surface area contributed by atoms with Crippen LogP contribution in [0.15, 0.2) is 24.5 Å². The number of fused-ring (bicyclic) bond motifs is 1. The summed E-state index contributed by atoms with van der Waals surface area (Å²) in [6.45, 7) is 0.618. The van der Waals surface area contributed by atoms with Gasteiger partial charge in [-0.1, -0.05) is 0 Å². The molecule has 18 heavy (non-hydrogen) atoms. The van der Waals surface area contributed by atoms with Crippen molar-refractivity contribution in [2.24, 2.45) is 0 Å². The van der Waals surface area contributed by atoms with Crippen molar-refractivity contribution in [1.29, 1.82) is 0 Å². The first-order valence-electron chi connectivity index (χ1n) is 6.19. The smallest absolute Gasteiger partial charge is 0.407 e. The Morgan fingerprint density at radius 2 is 2.39 bits per heavy atom. The molecule has 3 rings (SSSR count). The molecule has 0 radical (unpaired) electrons. The van der Waals surface area contributed by atoms with Gasteiger partial charge in [0.25, 0.3) is 0 Å². The molecule has 1 fully saturated rings. The van der Waals surface area contributed by atoms with Gasteiger partial charge in [-0.2, -0.15) is 0 Å². The summed E-state index contributed by atoms with van der Waals surface area (Å²) in [5, 5.41) is 10.3. The molecule has 5 heteroatoms. The van der Waals surface area contributed by atoms with Crippen LogP contribution in [0.2, 0.25) is 0 Å². The molecule has 1 saturated heterocycles. The molecule has 1 aliphatic rings. The largest absolute Gasteiger partial charge is 0.465 e. The monoisotopic (exact) mass is 245 g/mol. The number of pyridine rings is 1. The number of amides is 1. The van der Waals surface area contributed by atoms with Crippen LogP contribution in [0, 0.1) is 0 Å². The maximum atomic E-state index is 11.3. The molecular weight excluding hydrogens is 230 g/mol. The van der Waals surface area contributed by atoms with Crippen LogP contribution in [0.5, 0.6) is 0 Å². The van der Waals surface area contributed by atoms with Crippen molar-refractivity contribution in [3.63, 3.8) is 0 Å². The second-order valence-corrected chi connectivity index (χ2v) is 4.63. The highest BCUT2D eigenvalue weighted by Crippen LogP contribution is 2.34. The highest BCUT2D eigenvalue weighted by molar-refractivity contribution is 5.80. The number of rotatable bonds is 1. The van der Waals surface area contributed by atoms with E-state index in [9.17, 15) is 9.90 Å². The first-order valence-corrected chi connectivity index (χ1v) is 6.19. The average molecular weight is 245 g/mol. The third kappa shape index (κ3) is 1.72. The molecule has 1 amide bonds. The topological polar surface area (TPSA) is 69.2 Å². The molecule has 0 bridgehead atoms. The zero-order valence-corrected chi connectivity index (χ0v) is 9.97. The van der Waals surface area contributed by atoms with Gasteiger partial charge in [-0.15, -0.1) is 0 Å². The quantitative estimate of drug-likeness (QED) is 0.811. The maximum absolute atomic E-state index is 11.3. The summed E-state index contributed by atoms with van der Waals surface area (Å²) in [7, 11) is 0. The number of aromatic amines is 1. The van der Waals surface area contributed by atoms with E-state index in [-0.39, 0.29) is 6.04 Å². The highest BCUT2D eigenvalue weighted by Gasteiger charge is 2.29. The Hall–Kier alpha value is -2.04. The first kappa shape index (κ1) is 11.1. The van der Waals surface area contributed by atoms with E-state index >= 15 is 0 Å². The van der Waals surface area contributed by atoms with Gasteiger partial charge in [-0.3, -0.25) is 0 Å². The molecule has 1 atom stereocenters. The number of likely N-dealkylation sites (tertiary alicyclic amines) is 1. The molecule has 1 aliphatic heterocycles. The Labute approximate surface area is 104 Å². The molecule has 2 N–H and O–H groups in total. The van der Waals surface area contributed by atoms with Gasteiger partial charge in [0.05, 0.1) is 6.04 Å². The lowest BCUT2D eigenvalue weighted by Gasteiger charge is -2.33. The third-order valence-electron chi connectivity index (χ3n) is 3.59. The predicted molar refractivity (Wildman–Crippen MR) is 67.4 cm³/mol. The van der Waals surface area contributed by atoms with Crippen molar-refractivity contribution in [2.75, 3.05) is 6.54 Å². The average Bonchev–Trinajstić information content (AvgIpc) is 2.82. The molecule has 0 aromatic carbocycles. The van der Waals surface area contributed by atoms with Crippen molar-refractivity contribution in [3.05, 3.63) is 30.1 Å². The lowest BCUT2D eigenvalue weighted by molar-refractivity contribution is 0.107. The van der Waals surface area contributed by atoms with E-state index in [2.05, 4.69) is 9.97 Å². The van der Waals surface area contributed by atoms with Crippen LogP contribution in [-0.2, 0) is 0 Å². The van der Waals surface area contributed by atoms with E-state index in [1.54, 1.807) is 11.1 Å². The minimum absolute atomic E-state index is 0.0470. The highest BCUT2D eigenvalue weighted by atomic mass is 16.4. The number of hydrogen-bond donors (Lipinski definition) is 2. The van der Waals surface area contributed by atoms with Crippen LogP contribution in [0.1, 0.15) is 30.9 Å². The van der Waals surface area contributed by atoms with E-state index in [1.165, 1.54) is 0 Å². The molecule has 0 saturated carbocycles. The van der Waals surface area contributed by atoms with Crippen LogP contribution in [0.25, 0.3) is 11.0 Å². The second kappa shape index (κ2) is 4.33. The van der Waals surface area contributed by atoms with E-state index in [1.807, 2.05) is 18.3 Å². The Morgan fingerprint density at radius 3 is 3.22 bits per heavy atom. The summed E-state index contributed by atoms with van der Waals surface area (Å²) in [5.74, 6) is 0. The van der Waals surface area contributed by atoms with Crippen molar-refractivity contribution in [1.82, 2.24) is 14.9 Å². The molecule has 0 aliphatic carbocycles. The lowest BCUT2D eigenvalue weighted by Crippen LogP contribution is -2.37. The Bertz CT molecular complexity index is 578. The van der Waals surface area contributed by atoms with E-state index in [4.69, 9.17) is 0 Å². The lowest BCUT2D eigenvalue weighted by atomic mass is 9.96. The van der Waals surface area contributed by atoms with Crippen LogP contribution < -0.4 is 0 Å². The van der Waals surface area contributed by atoms with Gasteiger partial charge < -0.3 is 15.0 Å². The Balaban J connectivity index is 2.04. The summed E-state index contributed by atoms with van der Waals surface area (Å²) in [4.78, 5) is 20.2. The normalized spacial score (nSPS) is 20.2. The van der Waals surface area contributed by atoms with Gasteiger partial charge in [-0.25, -0.2) is 9.78 Å². The van der Waals surface area contributed by atoms with Gasteiger partial charge in [0, 0.05) is 29.9 Å². The van der Waals surface area contributed by atoms with Gasteiger partial charge in [0.2, 0.25) is 0 Å². The molecule has 1 unspecified atom stereocenters. The minimum atomic E-state index is -0.835. The number of piperidine rings is 1. The second-order valence-electron chi connectivity index (χ2n) is 4.63. The van der Waals surface area contributed by atoms with Crippen molar-refractivity contribution >= 4 is 17.1 Å². The van der Waals surface area contributed by atoms with E-state index in [0.29, 0.717) is 6.54 Å². The third-order valence-corrected chi connectivity index (χ3v) is 3.59. The van der Waals surface area contributed by atoms with Crippen molar-refractivity contribution in [2.45, 2.75) is 25.3 Å². The number of carbonyl (C=O) groups is 1. The molecule has 2 aromatic rings. The molecule has 5 nitrogen and oxygen atoms in total. The number of nitrogens with one attached hydrogen (secondary N) is 1. The summed E-state index contributed by atoms with van der Waals surface area (Å²) < 4.78 is 0. The Morgan fingerprint density at radius 1 is 1.50 bits per heavy atom. The number of H-pyrrole nitrogens is 1. The SMILES string of the molecule is O=C(O)N1CCCCC1c1c[nH]c2ncccc12. The number of hydrogen-bond acceptors (Lipinski definition) is 2. The molecular formula is C13H15N3O2.